The minimum atomic E-state index is -0.179. The highest BCUT2D eigenvalue weighted by atomic mass is 35.5. The highest BCUT2D eigenvalue weighted by Crippen LogP contribution is 2.22. The maximum absolute atomic E-state index is 11.6. The first-order valence-electron chi connectivity index (χ1n) is 5.11. The van der Waals surface area contributed by atoms with E-state index in [1.807, 2.05) is 26.0 Å². The Hall–Kier alpha value is -1.02. The zero-order valence-electron chi connectivity index (χ0n) is 9.00. The predicted octanol–water partition coefficient (Wildman–Crippen LogP) is 3.40. The van der Waals surface area contributed by atoms with Gasteiger partial charge in [-0.3, -0.25) is 4.79 Å². The molecule has 1 atom stereocenters. The average Bonchev–Trinajstić information content (AvgIpc) is 2.22. The molecule has 3 heteroatoms. The van der Waals surface area contributed by atoms with Gasteiger partial charge in [0.05, 0.1) is 12.5 Å². The highest BCUT2D eigenvalue weighted by Gasteiger charge is 2.19. The Morgan fingerprint density at radius 2 is 1.93 bits per heavy atom. The second-order valence-electron chi connectivity index (χ2n) is 3.26. The maximum atomic E-state index is 11.6. The van der Waals surface area contributed by atoms with E-state index in [0.29, 0.717) is 11.6 Å². The average molecular weight is 227 g/mol. The summed E-state index contributed by atoms with van der Waals surface area (Å²) in [5.41, 5.74) is 0.959. The topological polar surface area (TPSA) is 26.3 Å². The SMILES string of the molecule is CCOC(=O)C(CC)c1ccc(Cl)cc1. The summed E-state index contributed by atoms with van der Waals surface area (Å²) < 4.78 is 5.01. The van der Waals surface area contributed by atoms with Crippen molar-refractivity contribution < 1.29 is 9.53 Å². The van der Waals surface area contributed by atoms with Gasteiger partial charge < -0.3 is 4.74 Å². The van der Waals surface area contributed by atoms with Crippen LogP contribution in [0.2, 0.25) is 5.02 Å². The molecule has 0 amide bonds. The summed E-state index contributed by atoms with van der Waals surface area (Å²) in [5.74, 6) is -0.343. The number of hydrogen-bond acceptors (Lipinski definition) is 2. The Morgan fingerprint density at radius 3 is 2.40 bits per heavy atom. The van der Waals surface area contributed by atoms with Crippen molar-refractivity contribution in [2.45, 2.75) is 26.2 Å². The van der Waals surface area contributed by atoms with E-state index in [-0.39, 0.29) is 11.9 Å². The summed E-state index contributed by atoms with van der Waals surface area (Å²) in [6.45, 7) is 4.20. The lowest BCUT2D eigenvalue weighted by Gasteiger charge is -2.13. The van der Waals surface area contributed by atoms with Crippen molar-refractivity contribution in [3.8, 4) is 0 Å². The summed E-state index contributed by atoms with van der Waals surface area (Å²) in [6, 6.07) is 7.32. The van der Waals surface area contributed by atoms with Gasteiger partial charge in [-0.25, -0.2) is 0 Å². The predicted molar refractivity (Wildman–Crippen MR) is 61.1 cm³/mol. The molecular weight excluding hydrogens is 212 g/mol. The van der Waals surface area contributed by atoms with Crippen molar-refractivity contribution in [2.24, 2.45) is 0 Å². The lowest BCUT2D eigenvalue weighted by atomic mass is 9.97. The van der Waals surface area contributed by atoms with Gasteiger partial charge in [-0.1, -0.05) is 30.7 Å². The molecule has 82 valence electrons. The molecule has 15 heavy (non-hydrogen) atoms. The fourth-order valence-corrected chi connectivity index (χ4v) is 1.60. The minimum absolute atomic E-state index is 0.165. The van der Waals surface area contributed by atoms with E-state index in [9.17, 15) is 4.79 Å². The van der Waals surface area contributed by atoms with Crippen molar-refractivity contribution in [3.63, 3.8) is 0 Å². The first kappa shape index (κ1) is 12.1. The molecule has 2 nitrogen and oxygen atoms in total. The second-order valence-corrected chi connectivity index (χ2v) is 3.70. The number of benzene rings is 1. The molecule has 0 N–H and O–H groups in total. The molecule has 0 heterocycles. The third kappa shape index (κ3) is 3.24. The summed E-state index contributed by atoms with van der Waals surface area (Å²) in [5, 5.41) is 0.678. The van der Waals surface area contributed by atoms with Gasteiger partial charge in [0.2, 0.25) is 0 Å². The monoisotopic (exact) mass is 226 g/mol. The Bertz CT molecular complexity index is 319. The van der Waals surface area contributed by atoms with Gasteiger partial charge in [0, 0.05) is 5.02 Å². The minimum Gasteiger partial charge on any atom is -0.466 e. The zero-order valence-corrected chi connectivity index (χ0v) is 9.75. The summed E-state index contributed by atoms with van der Waals surface area (Å²) in [4.78, 5) is 11.6. The molecule has 1 aromatic rings. The van der Waals surface area contributed by atoms with Crippen LogP contribution < -0.4 is 0 Å². The number of carbonyl (C=O) groups excluding carboxylic acids is 1. The van der Waals surface area contributed by atoms with Crippen LogP contribution in [0.3, 0.4) is 0 Å². The Morgan fingerprint density at radius 1 is 1.33 bits per heavy atom. The van der Waals surface area contributed by atoms with Gasteiger partial charge in [0.25, 0.3) is 0 Å². The third-order valence-electron chi connectivity index (χ3n) is 2.25. The molecular formula is C12H15ClO2. The van der Waals surface area contributed by atoms with E-state index < -0.39 is 0 Å². The number of hydrogen-bond donors (Lipinski definition) is 0. The Balaban J connectivity index is 2.82. The van der Waals surface area contributed by atoms with Gasteiger partial charge in [0.15, 0.2) is 0 Å². The molecule has 0 saturated carbocycles. The van der Waals surface area contributed by atoms with Crippen LogP contribution in [-0.2, 0) is 9.53 Å². The van der Waals surface area contributed by atoms with E-state index in [1.165, 1.54) is 0 Å². The van der Waals surface area contributed by atoms with Crippen molar-refractivity contribution in [2.75, 3.05) is 6.61 Å². The molecule has 1 rings (SSSR count). The lowest BCUT2D eigenvalue weighted by Crippen LogP contribution is -2.15. The van der Waals surface area contributed by atoms with Gasteiger partial charge in [-0.05, 0) is 31.0 Å². The van der Waals surface area contributed by atoms with Crippen molar-refractivity contribution in [3.05, 3.63) is 34.9 Å². The van der Waals surface area contributed by atoms with Crippen molar-refractivity contribution in [1.82, 2.24) is 0 Å². The molecule has 1 aromatic carbocycles. The quantitative estimate of drug-likeness (QED) is 0.736. The molecule has 1 unspecified atom stereocenters. The maximum Gasteiger partial charge on any atom is 0.313 e. The fourth-order valence-electron chi connectivity index (χ4n) is 1.48. The Kier molecular flexibility index (Phi) is 4.63. The molecule has 0 bridgehead atoms. The van der Waals surface area contributed by atoms with E-state index in [2.05, 4.69) is 0 Å². The van der Waals surface area contributed by atoms with Crippen molar-refractivity contribution in [1.29, 1.82) is 0 Å². The molecule has 0 aliphatic carbocycles. The highest BCUT2D eigenvalue weighted by molar-refractivity contribution is 6.30. The molecule has 0 aliphatic rings. The smallest absolute Gasteiger partial charge is 0.313 e. The largest absolute Gasteiger partial charge is 0.466 e. The van der Waals surface area contributed by atoms with Gasteiger partial charge in [-0.15, -0.1) is 0 Å². The summed E-state index contributed by atoms with van der Waals surface area (Å²) in [6.07, 6.45) is 0.737. The summed E-state index contributed by atoms with van der Waals surface area (Å²) in [7, 11) is 0. The molecule has 0 aliphatic heterocycles. The van der Waals surface area contributed by atoms with Crippen LogP contribution >= 0.6 is 11.6 Å². The van der Waals surface area contributed by atoms with Gasteiger partial charge >= 0.3 is 5.97 Å². The van der Waals surface area contributed by atoms with Crippen LogP contribution in [0.1, 0.15) is 31.7 Å². The van der Waals surface area contributed by atoms with E-state index in [4.69, 9.17) is 16.3 Å². The van der Waals surface area contributed by atoms with Gasteiger partial charge in [0.1, 0.15) is 0 Å². The van der Waals surface area contributed by atoms with Crippen LogP contribution in [0.4, 0.5) is 0 Å². The standard InChI is InChI=1S/C12H15ClO2/c1-3-11(12(14)15-4-2)9-5-7-10(13)8-6-9/h5-8,11H,3-4H2,1-2H3. The van der Waals surface area contributed by atoms with Crippen LogP contribution in [0.25, 0.3) is 0 Å². The normalized spacial score (nSPS) is 12.2. The second kappa shape index (κ2) is 5.76. The van der Waals surface area contributed by atoms with Crippen LogP contribution in [0.15, 0.2) is 24.3 Å². The number of ether oxygens (including phenoxy) is 1. The number of rotatable bonds is 4. The van der Waals surface area contributed by atoms with E-state index in [1.54, 1.807) is 12.1 Å². The fraction of sp³-hybridized carbons (Fsp3) is 0.417. The Labute approximate surface area is 95.2 Å². The molecule has 0 aromatic heterocycles. The lowest BCUT2D eigenvalue weighted by molar-refractivity contribution is -0.145. The van der Waals surface area contributed by atoms with Crippen LogP contribution in [0.5, 0.6) is 0 Å². The molecule has 0 radical (unpaired) electrons. The van der Waals surface area contributed by atoms with Crippen molar-refractivity contribution >= 4 is 17.6 Å². The number of esters is 1. The first-order chi connectivity index (χ1) is 7.19. The number of carbonyl (C=O) groups is 1. The molecule has 0 fully saturated rings. The third-order valence-corrected chi connectivity index (χ3v) is 2.50. The zero-order chi connectivity index (χ0) is 11.3. The molecule has 0 saturated heterocycles. The first-order valence-corrected chi connectivity index (χ1v) is 5.49. The summed E-state index contributed by atoms with van der Waals surface area (Å²) >= 11 is 5.78. The van der Waals surface area contributed by atoms with E-state index in [0.717, 1.165) is 12.0 Å². The molecule has 0 spiro atoms. The van der Waals surface area contributed by atoms with E-state index >= 15 is 0 Å². The van der Waals surface area contributed by atoms with Crippen LogP contribution in [0, 0.1) is 0 Å². The van der Waals surface area contributed by atoms with Gasteiger partial charge in [-0.2, -0.15) is 0 Å². The van der Waals surface area contributed by atoms with Crippen LogP contribution in [-0.4, -0.2) is 12.6 Å². The number of halogens is 1.